The lowest BCUT2D eigenvalue weighted by atomic mass is 10.3. The summed E-state index contributed by atoms with van der Waals surface area (Å²) in [5, 5.41) is 14.7. The van der Waals surface area contributed by atoms with Gasteiger partial charge in [0.2, 0.25) is 0 Å². The fourth-order valence-electron chi connectivity index (χ4n) is 1.60. The highest BCUT2D eigenvalue weighted by Crippen LogP contribution is 2.19. The summed E-state index contributed by atoms with van der Waals surface area (Å²) in [6, 6.07) is 8.09. The molecule has 1 aromatic carbocycles. The van der Waals surface area contributed by atoms with Crippen LogP contribution in [0.4, 0.5) is 6.01 Å². The van der Waals surface area contributed by atoms with Gasteiger partial charge in [0.25, 0.3) is 6.01 Å². The first kappa shape index (κ1) is 11.2. The van der Waals surface area contributed by atoms with Crippen LogP contribution < -0.4 is 5.32 Å². The van der Waals surface area contributed by atoms with E-state index in [1.165, 1.54) is 11.3 Å². The summed E-state index contributed by atoms with van der Waals surface area (Å²) in [6.45, 7) is 0.511. The zero-order valence-electron chi connectivity index (χ0n) is 9.46. The van der Waals surface area contributed by atoms with E-state index in [2.05, 4.69) is 15.3 Å². The Morgan fingerprint density at radius 2 is 2.17 bits per heavy atom. The van der Waals surface area contributed by atoms with Gasteiger partial charge < -0.3 is 14.8 Å². The molecule has 0 saturated carbocycles. The number of aliphatic hydroxyl groups excluding tert-OH is 1. The number of thiazole rings is 1. The van der Waals surface area contributed by atoms with Crippen LogP contribution in [0.25, 0.3) is 11.1 Å². The van der Waals surface area contributed by atoms with E-state index in [1.54, 1.807) is 0 Å². The molecule has 3 rings (SSSR count). The Hall–Kier alpha value is -1.92. The summed E-state index contributed by atoms with van der Waals surface area (Å²) in [7, 11) is 0. The summed E-state index contributed by atoms with van der Waals surface area (Å²) in [5.41, 5.74) is 2.28. The van der Waals surface area contributed by atoms with Gasteiger partial charge >= 0.3 is 0 Å². The number of hydrogen-bond donors (Lipinski definition) is 2. The molecule has 5 nitrogen and oxygen atoms in total. The van der Waals surface area contributed by atoms with Gasteiger partial charge in [-0.15, -0.1) is 11.3 Å². The largest absolute Gasteiger partial charge is 0.424 e. The number of benzene rings is 1. The van der Waals surface area contributed by atoms with Crippen molar-refractivity contribution in [1.29, 1.82) is 0 Å². The smallest absolute Gasteiger partial charge is 0.296 e. The highest BCUT2D eigenvalue weighted by molar-refractivity contribution is 7.09. The van der Waals surface area contributed by atoms with Crippen LogP contribution in [0.5, 0.6) is 0 Å². The van der Waals surface area contributed by atoms with Gasteiger partial charge in [-0.05, 0) is 12.1 Å². The van der Waals surface area contributed by atoms with Gasteiger partial charge in [-0.25, -0.2) is 4.98 Å². The third-order valence-electron chi connectivity index (χ3n) is 2.45. The summed E-state index contributed by atoms with van der Waals surface area (Å²) in [4.78, 5) is 8.54. The molecule has 0 unspecified atom stereocenters. The second-order valence-corrected chi connectivity index (χ2v) is 4.67. The van der Waals surface area contributed by atoms with Crippen molar-refractivity contribution < 1.29 is 9.52 Å². The molecule has 6 heteroatoms. The number of oxazole rings is 1. The number of fused-ring (bicyclic) bond motifs is 1. The monoisotopic (exact) mass is 261 g/mol. The van der Waals surface area contributed by atoms with Crippen molar-refractivity contribution in [2.45, 2.75) is 13.2 Å². The van der Waals surface area contributed by atoms with Crippen molar-refractivity contribution in [2.24, 2.45) is 0 Å². The van der Waals surface area contributed by atoms with Crippen LogP contribution in [-0.4, -0.2) is 15.1 Å². The zero-order chi connectivity index (χ0) is 12.4. The Kier molecular flexibility index (Phi) is 2.95. The average molecular weight is 261 g/mol. The molecule has 0 aliphatic carbocycles. The topological polar surface area (TPSA) is 71.2 Å². The number of aliphatic hydroxyl groups is 1. The lowest BCUT2D eigenvalue weighted by Crippen LogP contribution is -1.99. The molecule has 0 aliphatic heterocycles. The highest BCUT2D eigenvalue weighted by atomic mass is 32.1. The van der Waals surface area contributed by atoms with Gasteiger partial charge in [-0.2, -0.15) is 4.98 Å². The number of nitrogens with one attached hydrogen (secondary N) is 1. The Labute approximate surface area is 107 Å². The maximum atomic E-state index is 8.92. The summed E-state index contributed by atoms with van der Waals surface area (Å²) >= 11 is 1.50. The van der Waals surface area contributed by atoms with Crippen LogP contribution in [0.1, 0.15) is 10.7 Å². The lowest BCUT2D eigenvalue weighted by molar-refractivity contribution is 0.277. The summed E-state index contributed by atoms with van der Waals surface area (Å²) < 4.78 is 5.53. The number of hydrogen-bond acceptors (Lipinski definition) is 6. The van der Waals surface area contributed by atoms with E-state index in [0.717, 1.165) is 16.1 Å². The van der Waals surface area contributed by atoms with Crippen LogP contribution in [0.15, 0.2) is 34.1 Å². The van der Waals surface area contributed by atoms with Crippen molar-refractivity contribution in [1.82, 2.24) is 9.97 Å². The minimum absolute atomic E-state index is 0.0284. The van der Waals surface area contributed by atoms with E-state index in [4.69, 9.17) is 9.52 Å². The maximum Gasteiger partial charge on any atom is 0.296 e. The Morgan fingerprint density at radius 1 is 1.28 bits per heavy atom. The SMILES string of the molecule is OCc1csc(CNc2nc3ccccc3o2)n1. The molecule has 0 radical (unpaired) electrons. The molecule has 2 aromatic heterocycles. The summed E-state index contributed by atoms with van der Waals surface area (Å²) in [6.07, 6.45) is 0. The van der Waals surface area contributed by atoms with E-state index in [1.807, 2.05) is 29.6 Å². The van der Waals surface area contributed by atoms with Crippen LogP contribution in [0.2, 0.25) is 0 Å². The van der Waals surface area contributed by atoms with Crippen molar-refractivity contribution in [2.75, 3.05) is 5.32 Å². The van der Waals surface area contributed by atoms with Crippen LogP contribution in [0.3, 0.4) is 0 Å². The first-order valence-electron chi connectivity index (χ1n) is 5.49. The van der Waals surface area contributed by atoms with Gasteiger partial charge in [0.15, 0.2) is 5.58 Å². The quantitative estimate of drug-likeness (QED) is 0.754. The minimum Gasteiger partial charge on any atom is -0.424 e. The van der Waals surface area contributed by atoms with Crippen LogP contribution in [0, 0.1) is 0 Å². The van der Waals surface area contributed by atoms with E-state index in [-0.39, 0.29) is 6.61 Å². The summed E-state index contributed by atoms with van der Waals surface area (Å²) in [5.74, 6) is 0. The third kappa shape index (κ3) is 2.20. The molecule has 3 aromatic rings. The second-order valence-electron chi connectivity index (χ2n) is 3.73. The molecule has 0 aliphatic rings. The van der Waals surface area contributed by atoms with E-state index < -0.39 is 0 Å². The van der Waals surface area contributed by atoms with Crippen molar-refractivity contribution >= 4 is 28.5 Å². The van der Waals surface area contributed by atoms with Gasteiger partial charge in [0, 0.05) is 5.38 Å². The van der Waals surface area contributed by atoms with Crippen LogP contribution in [-0.2, 0) is 13.2 Å². The Bertz CT molecular complexity index is 629. The number of anilines is 1. The fraction of sp³-hybridized carbons (Fsp3) is 0.167. The predicted molar refractivity (Wildman–Crippen MR) is 69.4 cm³/mol. The second kappa shape index (κ2) is 4.75. The van der Waals surface area contributed by atoms with Crippen LogP contribution >= 0.6 is 11.3 Å². The van der Waals surface area contributed by atoms with E-state index in [9.17, 15) is 0 Å². The molecular formula is C12H11N3O2S. The van der Waals surface area contributed by atoms with Crippen molar-refractivity contribution in [3.05, 3.63) is 40.3 Å². The predicted octanol–water partition coefficient (Wildman–Crippen LogP) is 2.39. The Morgan fingerprint density at radius 3 is 2.94 bits per heavy atom. The zero-order valence-corrected chi connectivity index (χ0v) is 10.3. The normalized spacial score (nSPS) is 10.9. The van der Waals surface area contributed by atoms with Gasteiger partial charge in [0.1, 0.15) is 10.5 Å². The lowest BCUT2D eigenvalue weighted by Gasteiger charge is -1.96. The molecule has 0 bridgehead atoms. The van der Waals surface area contributed by atoms with Gasteiger partial charge in [-0.1, -0.05) is 12.1 Å². The number of para-hydroxylation sites is 2. The molecule has 0 spiro atoms. The molecular weight excluding hydrogens is 250 g/mol. The third-order valence-corrected chi connectivity index (χ3v) is 3.34. The minimum atomic E-state index is -0.0284. The molecule has 0 saturated heterocycles. The Balaban J connectivity index is 1.72. The van der Waals surface area contributed by atoms with Gasteiger partial charge in [0.05, 0.1) is 18.8 Å². The number of rotatable bonds is 4. The number of nitrogens with zero attached hydrogens (tertiary/aromatic N) is 2. The standard InChI is InChI=1S/C12H11N3O2S/c16-6-8-7-18-11(14-8)5-13-12-15-9-3-1-2-4-10(9)17-12/h1-4,7,16H,5-6H2,(H,13,15). The van der Waals surface area contributed by atoms with Gasteiger partial charge in [-0.3, -0.25) is 0 Å². The molecule has 0 atom stereocenters. The average Bonchev–Trinajstić information content (AvgIpc) is 3.02. The number of aromatic nitrogens is 2. The maximum absolute atomic E-state index is 8.92. The first-order chi connectivity index (χ1) is 8.85. The molecule has 2 N–H and O–H groups in total. The molecule has 0 fully saturated rings. The van der Waals surface area contributed by atoms with E-state index >= 15 is 0 Å². The molecule has 0 amide bonds. The van der Waals surface area contributed by atoms with E-state index in [0.29, 0.717) is 18.3 Å². The molecule has 2 heterocycles. The van der Waals surface area contributed by atoms with Crippen molar-refractivity contribution in [3.63, 3.8) is 0 Å². The molecule has 18 heavy (non-hydrogen) atoms. The molecule has 92 valence electrons. The first-order valence-corrected chi connectivity index (χ1v) is 6.37. The highest BCUT2D eigenvalue weighted by Gasteiger charge is 2.06. The van der Waals surface area contributed by atoms with Crippen molar-refractivity contribution in [3.8, 4) is 0 Å². The fourth-order valence-corrected chi connectivity index (χ4v) is 2.33.